The van der Waals surface area contributed by atoms with E-state index in [2.05, 4.69) is 113 Å². The fourth-order valence-electron chi connectivity index (χ4n) is 5.45. The van der Waals surface area contributed by atoms with E-state index in [-0.39, 0.29) is 6.17 Å². The van der Waals surface area contributed by atoms with Crippen LogP contribution in [0.5, 0.6) is 0 Å². The van der Waals surface area contributed by atoms with Crippen LogP contribution in [0.15, 0.2) is 122 Å². The Morgan fingerprint density at radius 3 is 2.24 bits per heavy atom. The molecule has 0 aliphatic carbocycles. The summed E-state index contributed by atoms with van der Waals surface area (Å²) in [5.41, 5.74) is 7.90. The minimum absolute atomic E-state index is 0.156. The minimum atomic E-state index is -0.749. The molecule has 0 saturated heterocycles. The van der Waals surface area contributed by atoms with E-state index in [0.717, 1.165) is 0 Å². The van der Waals surface area contributed by atoms with Gasteiger partial charge in [-0.05, 0) is 30.9 Å². The Morgan fingerprint density at radius 1 is 0.647 bits per heavy atom. The molecule has 3 atom stereocenters. The molecule has 7 rings (SSSR count). The number of nitrogens with one attached hydrogen (secondary N) is 2. The van der Waals surface area contributed by atoms with Crippen molar-refractivity contribution in [2.75, 3.05) is 5.32 Å². The number of fused-ring (bicyclic) bond motifs is 8. The molecule has 3 unspecified atom stereocenters. The fraction of sp³-hybridized carbons (Fsp3) is 0.0333. The van der Waals surface area contributed by atoms with Crippen molar-refractivity contribution in [2.45, 2.75) is 6.17 Å². The highest BCUT2D eigenvalue weighted by atomic mass is 31.1. The van der Waals surface area contributed by atoms with Crippen LogP contribution < -0.4 is 26.1 Å². The Balaban J connectivity index is 1.45. The smallest absolute Gasteiger partial charge is 0.197 e. The van der Waals surface area contributed by atoms with Crippen LogP contribution in [0.2, 0.25) is 0 Å². The highest BCUT2D eigenvalue weighted by molar-refractivity contribution is 7.80. The van der Waals surface area contributed by atoms with Gasteiger partial charge in [0.05, 0.1) is 0 Å². The number of aromatic nitrogens is 1. The van der Waals surface area contributed by atoms with Gasteiger partial charge >= 0.3 is 0 Å². The van der Waals surface area contributed by atoms with Gasteiger partial charge in [-0.1, -0.05) is 84.9 Å². The fourth-order valence-corrected chi connectivity index (χ4v) is 7.83. The SMILES string of the molecule is c1ccc(P(c2cccnc2)c2cccc3c2NC2c4ccccc4-c4ccccc4[NH+]32)cc1. The lowest BCUT2D eigenvalue weighted by Crippen LogP contribution is -3.02. The van der Waals surface area contributed by atoms with E-state index in [1.807, 2.05) is 18.5 Å². The van der Waals surface area contributed by atoms with Gasteiger partial charge in [-0.15, -0.1) is 0 Å². The van der Waals surface area contributed by atoms with Crippen LogP contribution in [0.3, 0.4) is 0 Å². The summed E-state index contributed by atoms with van der Waals surface area (Å²) >= 11 is 0. The van der Waals surface area contributed by atoms with Crippen LogP contribution >= 0.6 is 7.92 Å². The molecule has 5 aromatic rings. The monoisotopic (exact) mass is 456 g/mol. The normalized spacial score (nSPS) is 18.1. The van der Waals surface area contributed by atoms with Gasteiger partial charge in [0.15, 0.2) is 11.9 Å². The van der Waals surface area contributed by atoms with E-state index >= 15 is 0 Å². The number of rotatable bonds is 3. The summed E-state index contributed by atoms with van der Waals surface area (Å²) in [4.78, 5) is 5.86. The Labute approximate surface area is 200 Å². The lowest BCUT2D eigenvalue weighted by Gasteiger charge is -2.29. The zero-order chi connectivity index (χ0) is 22.5. The number of anilines is 1. The van der Waals surface area contributed by atoms with Gasteiger partial charge in [-0.3, -0.25) is 4.98 Å². The van der Waals surface area contributed by atoms with Crippen molar-refractivity contribution >= 4 is 40.9 Å². The number of hydrogen-bond acceptors (Lipinski definition) is 2. The number of nitrogens with zero attached hydrogens (tertiary/aromatic N) is 1. The van der Waals surface area contributed by atoms with Crippen molar-refractivity contribution < 1.29 is 4.90 Å². The summed E-state index contributed by atoms with van der Waals surface area (Å²) < 4.78 is 0. The van der Waals surface area contributed by atoms with Crippen molar-refractivity contribution in [1.29, 1.82) is 0 Å². The summed E-state index contributed by atoms with van der Waals surface area (Å²) in [6.45, 7) is 0. The van der Waals surface area contributed by atoms with Crippen LogP contribution in [0.25, 0.3) is 11.1 Å². The molecule has 0 bridgehead atoms. The molecule has 0 radical (unpaired) electrons. The number of benzene rings is 4. The standard InChI is InChI=1S/C30H22N3P/c1-2-10-21(11-3-1)34(22-12-9-19-31-20-22)28-18-8-17-27-29(28)32-30-25-15-5-4-13-23(25)24-14-6-7-16-26(24)33(27)30/h1-20,30,32H/p+1. The second-order valence-corrected chi connectivity index (χ2v) is 10.9. The number of para-hydroxylation sites is 2. The summed E-state index contributed by atoms with van der Waals surface area (Å²) in [5.74, 6) is 0. The van der Waals surface area contributed by atoms with Gasteiger partial charge in [0.2, 0.25) is 0 Å². The maximum absolute atomic E-state index is 4.47. The van der Waals surface area contributed by atoms with Crippen molar-refractivity contribution in [2.24, 2.45) is 0 Å². The molecule has 0 fully saturated rings. The molecule has 2 aliphatic rings. The van der Waals surface area contributed by atoms with E-state index in [1.165, 1.54) is 54.6 Å². The predicted molar refractivity (Wildman–Crippen MR) is 141 cm³/mol. The molecule has 2 N–H and O–H groups in total. The molecule has 2 aliphatic heterocycles. The zero-order valence-electron chi connectivity index (χ0n) is 18.5. The Morgan fingerprint density at radius 2 is 1.38 bits per heavy atom. The van der Waals surface area contributed by atoms with Crippen LogP contribution in [0.4, 0.5) is 17.1 Å². The zero-order valence-corrected chi connectivity index (χ0v) is 19.4. The second-order valence-electron chi connectivity index (χ2n) is 8.71. The van der Waals surface area contributed by atoms with Crippen molar-refractivity contribution in [1.82, 2.24) is 4.98 Å². The molecule has 4 heteroatoms. The first-order valence-corrected chi connectivity index (χ1v) is 12.9. The lowest BCUT2D eigenvalue weighted by atomic mass is 9.91. The summed E-state index contributed by atoms with van der Waals surface area (Å²) in [6, 6.07) is 39.6. The van der Waals surface area contributed by atoms with Gasteiger partial charge in [-0.25, -0.2) is 4.90 Å². The predicted octanol–water partition coefficient (Wildman–Crippen LogP) is 4.79. The first-order chi connectivity index (χ1) is 16.9. The largest absolute Gasteiger partial charge is 0.326 e. The number of hydrogen-bond donors (Lipinski definition) is 2. The maximum atomic E-state index is 4.47. The molecular weight excluding hydrogens is 433 g/mol. The third kappa shape index (κ3) is 2.95. The van der Waals surface area contributed by atoms with E-state index in [1.54, 1.807) is 0 Å². The van der Waals surface area contributed by atoms with Crippen molar-refractivity contribution in [3.05, 3.63) is 127 Å². The van der Waals surface area contributed by atoms with Crippen LogP contribution in [0, 0.1) is 0 Å². The van der Waals surface area contributed by atoms with Crippen molar-refractivity contribution in [3.8, 4) is 11.1 Å². The van der Waals surface area contributed by atoms with Gasteiger partial charge in [-0.2, -0.15) is 0 Å². The average molecular weight is 457 g/mol. The van der Waals surface area contributed by atoms with Gasteiger partial charge in [0.25, 0.3) is 0 Å². The van der Waals surface area contributed by atoms with Crippen molar-refractivity contribution in [3.63, 3.8) is 0 Å². The van der Waals surface area contributed by atoms with E-state index in [9.17, 15) is 0 Å². The molecule has 34 heavy (non-hydrogen) atoms. The highest BCUT2D eigenvalue weighted by Crippen LogP contribution is 2.45. The maximum Gasteiger partial charge on any atom is 0.197 e. The quantitative estimate of drug-likeness (QED) is 0.382. The van der Waals surface area contributed by atoms with Gasteiger partial charge in [0.1, 0.15) is 11.4 Å². The van der Waals surface area contributed by atoms with Gasteiger partial charge in [0, 0.05) is 46.3 Å². The van der Waals surface area contributed by atoms with Crippen LogP contribution in [0.1, 0.15) is 11.7 Å². The summed E-state index contributed by atoms with van der Waals surface area (Å²) in [7, 11) is -0.749. The number of pyridine rings is 1. The average Bonchev–Trinajstić information content (AvgIpc) is 3.31. The van der Waals surface area contributed by atoms with Crippen LogP contribution in [-0.4, -0.2) is 4.98 Å². The van der Waals surface area contributed by atoms with Gasteiger partial charge < -0.3 is 5.32 Å². The third-order valence-electron chi connectivity index (χ3n) is 6.85. The topological polar surface area (TPSA) is 29.4 Å². The highest BCUT2D eigenvalue weighted by Gasteiger charge is 2.44. The first kappa shape index (κ1) is 19.7. The Bertz CT molecular complexity index is 1460. The first-order valence-electron chi connectivity index (χ1n) is 11.6. The molecule has 1 aromatic heterocycles. The molecule has 0 saturated carbocycles. The molecule has 0 spiro atoms. The Kier molecular flexibility index (Phi) is 4.58. The number of quaternary nitrogens is 1. The minimum Gasteiger partial charge on any atom is -0.326 e. The second kappa shape index (κ2) is 7.92. The molecular formula is C30H23N3P+. The lowest BCUT2D eigenvalue weighted by molar-refractivity contribution is -0.787. The summed E-state index contributed by atoms with van der Waals surface area (Å²) in [6.07, 6.45) is 4.04. The molecule has 0 amide bonds. The van der Waals surface area contributed by atoms with Crippen LogP contribution in [-0.2, 0) is 0 Å². The Hall–Kier alpha value is -3.78. The van der Waals surface area contributed by atoms with E-state index < -0.39 is 7.92 Å². The van der Waals surface area contributed by atoms with E-state index in [4.69, 9.17) is 0 Å². The third-order valence-corrected chi connectivity index (χ3v) is 9.30. The summed E-state index contributed by atoms with van der Waals surface area (Å²) in [5, 5.41) is 7.93. The molecule has 4 aromatic carbocycles. The molecule has 3 heterocycles. The molecule has 3 nitrogen and oxygen atoms in total. The molecule has 162 valence electrons. The van der Waals surface area contributed by atoms with E-state index in [0.29, 0.717) is 0 Å².